The number of phenolic OH excluding ortho intramolecular Hbond substituents is 1. The Morgan fingerprint density at radius 2 is 2.15 bits per heavy atom. The van der Waals surface area contributed by atoms with Crippen LogP contribution in [0.5, 0.6) is 11.5 Å². The van der Waals surface area contributed by atoms with Gasteiger partial charge in [0.05, 0.1) is 17.9 Å². The molecule has 0 saturated heterocycles. The number of hydrogen-bond acceptors (Lipinski definition) is 5. The second-order valence-corrected chi connectivity index (χ2v) is 5.49. The fraction of sp³-hybridized carbons (Fsp3) is 0.150. The third kappa shape index (κ3) is 3.73. The molecule has 7 heteroatoms. The number of hydrogen-bond donors (Lipinski definition) is 1. The van der Waals surface area contributed by atoms with E-state index in [0.29, 0.717) is 29.7 Å². The summed E-state index contributed by atoms with van der Waals surface area (Å²) in [5.74, 6) is -2.85. The van der Waals surface area contributed by atoms with Crippen LogP contribution in [0.15, 0.2) is 66.2 Å². The molecular formula is C20H16F2N2O3. The zero-order valence-corrected chi connectivity index (χ0v) is 14.4. The maximum Gasteiger partial charge on any atom is 0.292 e. The summed E-state index contributed by atoms with van der Waals surface area (Å²) in [7, 11) is 0. The molecule has 0 saturated carbocycles. The molecule has 0 fully saturated rings. The number of alkyl halides is 2. The largest absolute Gasteiger partial charge is 0.504 e. The average molecular weight is 370 g/mol. The van der Waals surface area contributed by atoms with Gasteiger partial charge in [-0.05, 0) is 37.3 Å². The Hall–Kier alpha value is -3.44. The summed E-state index contributed by atoms with van der Waals surface area (Å²) in [6.45, 7) is 5.31. The molecule has 1 aromatic heterocycles. The molecule has 2 heterocycles. The summed E-state index contributed by atoms with van der Waals surface area (Å²) < 4.78 is 37.9. The first-order chi connectivity index (χ1) is 13.0. The van der Waals surface area contributed by atoms with Crippen molar-refractivity contribution in [2.75, 3.05) is 6.61 Å². The Labute approximate surface area is 154 Å². The molecule has 0 unspecified atom stereocenters. The van der Waals surface area contributed by atoms with Gasteiger partial charge in [0.15, 0.2) is 11.5 Å². The molecule has 1 aromatic carbocycles. The molecule has 0 bridgehead atoms. The van der Waals surface area contributed by atoms with E-state index in [9.17, 15) is 13.9 Å². The summed E-state index contributed by atoms with van der Waals surface area (Å²) in [5, 5.41) is 10.3. The Balaban J connectivity index is 1.93. The van der Waals surface area contributed by atoms with Crippen molar-refractivity contribution in [2.45, 2.75) is 12.8 Å². The van der Waals surface area contributed by atoms with Crippen molar-refractivity contribution in [1.82, 2.24) is 4.98 Å². The van der Waals surface area contributed by atoms with Gasteiger partial charge in [-0.25, -0.2) is 4.99 Å². The smallest absolute Gasteiger partial charge is 0.292 e. The fourth-order valence-corrected chi connectivity index (χ4v) is 2.37. The highest BCUT2D eigenvalue weighted by molar-refractivity contribution is 6.01. The van der Waals surface area contributed by atoms with Crippen LogP contribution in [-0.4, -0.2) is 22.6 Å². The van der Waals surface area contributed by atoms with Crippen molar-refractivity contribution in [2.24, 2.45) is 4.99 Å². The van der Waals surface area contributed by atoms with Crippen molar-refractivity contribution in [3.63, 3.8) is 0 Å². The summed E-state index contributed by atoms with van der Waals surface area (Å²) in [5.41, 5.74) is 3.43. The van der Waals surface area contributed by atoms with Crippen molar-refractivity contribution in [3.8, 4) is 11.5 Å². The number of pyridine rings is 1. The predicted molar refractivity (Wildman–Crippen MR) is 96.7 cm³/mol. The van der Waals surface area contributed by atoms with Crippen LogP contribution in [0.25, 0.3) is 5.70 Å². The third-order valence-electron chi connectivity index (χ3n) is 3.76. The molecular weight excluding hydrogens is 354 g/mol. The van der Waals surface area contributed by atoms with Gasteiger partial charge < -0.3 is 14.6 Å². The molecule has 2 aromatic rings. The lowest BCUT2D eigenvalue weighted by molar-refractivity contribution is 0.0521. The molecule has 0 radical (unpaired) electrons. The van der Waals surface area contributed by atoms with Crippen molar-refractivity contribution < 1.29 is 23.4 Å². The van der Waals surface area contributed by atoms with Gasteiger partial charge in [0.2, 0.25) is 5.90 Å². The maximum absolute atomic E-state index is 13.6. The molecule has 1 N–H and O–H groups in total. The van der Waals surface area contributed by atoms with Crippen LogP contribution in [0, 0.1) is 0 Å². The molecule has 1 aliphatic rings. The number of ether oxygens (including phenoxy) is 2. The van der Waals surface area contributed by atoms with Gasteiger partial charge in [0.25, 0.3) is 5.92 Å². The first-order valence-corrected chi connectivity index (χ1v) is 8.10. The quantitative estimate of drug-likeness (QED) is 0.605. The normalized spacial score (nSPS) is 13.4. The number of halogens is 2. The molecule has 0 amide bonds. The minimum Gasteiger partial charge on any atom is -0.504 e. The number of para-hydroxylation sites is 1. The summed E-state index contributed by atoms with van der Waals surface area (Å²) >= 11 is 0. The van der Waals surface area contributed by atoms with Gasteiger partial charge >= 0.3 is 0 Å². The van der Waals surface area contributed by atoms with Crippen molar-refractivity contribution in [3.05, 3.63) is 78.0 Å². The number of nitrogens with zero attached hydrogens (tertiary/aromatic N) is 2. The lowest BCUT2D eigenvalue weighted by atomic mass is 10.1. The van der Waals surface area contributed by atoms with E-state index in [2.05, 4.69) is 22.3 Å². The number of aromatic nitrogens is 1. The SMILES string of the molecule is C=CC(F)(F)c1ccc(C2=C=COC(c3cccc(OCC)c3O)=N2)nc1. The van der Waals surface area contributed by atoms with Crippen LogP contribution in [0.2, 0.25) is 0 Å². The zero-order chi connectivity index (χ0) is 19.4. The first kappa shape index (κ1) is 18.4. The van der Waals surface area contributed by atoms with E-state index in [-0.39, 0.29) is 22.9 Å². The summed E-state index contributed by atoms with van der Waals surface area (Å²) in [4.78, 5) is 8.30. The lowest BCUT2D eigenvalue weighted by Gasteiger charge is -2.14. The highest BCUT2D eigenvalue weighted by Gasteiger charge is 2.27. The molecule has 27 heavy (non-hydrogen) atoms. The average Bonchev–Trinajstić information content (AvgIpc) is 2.70. The number of benzene rings is 1. The Kier molecular flexibility index (Phi) is 5.05. The Morgan fingerprint density at radius 3 is 2.81 bits per heavy atom. The highest BCUT2D eigenvalue weighted by Crippen LogP contribution is 2.32. The van der Waals surface area contributed by atoms with Crippen LogP contribution in [0.3, 0.4) is 0 Å². The molecule has 1 aliphatic heterocycles. The number of allylic oxidation sites excluding steroid dienone is 1. The fourth-order valence-electron chi connectivity index (χ4n) is 2.37. The van der Waals surface area contributed by atoms with Gasteiger partial charge in [0, 0.05) is 11.8 Å². The number of aromatic hydroxyl groups is 1. The second-order valence-electron chi connectivity index (χ2n) is 5.49. The Bertz CT molecular complexity index is 960. The molecule has 0 atom stereocenters. The number of rotatable bonds is 6. The van der Waals surface area contributed by atoms with Crippen LogP contribution in [-0.2, 0) is 10.7 Å². The second kappa shape index (κ2) is 7.43. The summed E-state index contributed by atoms with van der Waals surface area (Å²) in [6.07, 6.45) is 2.88. The first-order valence-electron chi connectivity index (χ1n) is 8.10. The zero-order valence-electron chi connectivity index (χ0n) is 14.4. The molecule has 5 nitrogen and oxygen atoms in total. The maximum atomic E-state index is 13.6. The predicted octanol–water partition coefficient (Wildman–Crippen LogP) is 4.39. The third-order valence-corrected chi connectivity index (χ3v) is 3.76. The Morgan fingerprint density at radius 1 is 1.33 bits per heavy atom. The minimum absolute atomic E-state index is 0.110. The standard InChI is InChI=1S/C20H16F2N2O3/c1-3-20(21,22)13-8-9-15(23-12-13)16-10-11-27-19(24-16)14-6-5-7-17(18(14)25)26-4-2/h3,5-9,11-12,25H,1,4H2,2H3. The lowest BCUT2D eigenvalue weighted by Crippen LogP contribution is -2.10. The molecule has 0 aliphatic carbocycles. The van der Waals surface area contributed by atoms with Gasteiger partial charge in [-0.3, -0.25) is 4.98 Å². The van der Waals surface area contributed by atoms with Gasteiger partial charge in [-0.1, -0.05) is 18.4 Å². The summed E-state index contributed by atoms with van der Waals surface area (Å²) in [6, 6.07) is 7.59. The molecule has 3 rings (SSSR count). The van der Waals surface area contributed by atoms with Gasteiger partial charge in [0.1, 0.15) is 12.0 Å². The van der Waals surface area contributed by atoms with E-state index in [4.69, 9.17) is 9.47 Å². The number of aliphatic imine (C=N–C) groups is 1. The van der Waals surface area contributed by atoms with E-state index in [1.807, 2.05) is 0 Å². The van der Waals surface area contributed by atoms with E-state index in [1.165, 1.54) is 18.4 Å². The minimum atomic E-state index is -3.16. The van der Waals surface area contributed by atoms with E-state index >= 15 is 0 Å². The van der Waals surface area contributed by atoms with Crippen molar-refractivity contribution in [1.29, 1.82) is 0 Å². The van der Waals surface area contributed by atoms with Crippen LogP contribution >= 0.6 is 0 Å². The van der Waals surface area contributed by atoms with Crippen LogP contribution in [0.4, 0.5) is 8.78 Å². The number of phenols is 1. The monoisotopic (exact) mass is 370 g/mol. The van der Waals surface area contributed by atoms with E-state index < -0.39 is 5.92 Å². The highest BCUT2D eigenvalue weighted by atomic mass is 19.3. The van der Waals surface area contributed by atoms with E-state index in [1.54, 1.807) is 25.1 Å². The molecule has 0 spiro atoms. The molecule has 138 valence electrons. The van der Waals surface area contributed by atoms with Crippen LogP contribution in [0.1, 0.15) is 23.7 Å². The topological polar surface area (TPSA) is 63.9 Å². The van der Waals surface area contributed by atoms with Gasteiger partial charge in [-0.2, -0.15) is 8.78 Å². The van der Waals surface area contributed by atoms with Gasteiger partial charge in [-0.15, -0.1) is 0 Å². The van der Waals surface area contributed by atoms with Crippen molar-refractivity contribution >= 4 is 11.6 Å². The van der Waals surface area contributed by atoms with Crippen LogP contribution < -0.4 is 4.74 Å². The van der Waals surface area contributed by atoms with E-state index in [0.717, 1.165) is 6.20 Å².